The highest BCUT2D eigenvalue weighted by Gasteiger charge is 2.31. The SMILES string of the molecule is CN=C(NCCCN1CCc2ccccc2C1)NCC1CCCN(C)C1c1cccs1.I. The van der Waals surface area contributed by atoms with E-state index in [1.165, 1.54) is 48.4 Å². The van der Waals surface area contributed by atoms with Crippen LogP contribution < -0.4 is 10.6 Å². The second-order valence-corrected chi connectivity index (χ2v) is 9.85. The molecule has 32 heavy (non-hydrogen) atoms. The molecular formula is C25H38IN5S. The molecule has 1 aromatic heterocycles. The van der Waals surface area contributed by atoms with Gasteiger partial charge in [0, 0.05) is 50.7 Å². The molecule has 1 fully saturated rings. The van der Waals surface area contributed by atoms with Gasteiger partial charge in [-0.2, -0.15) is 0 Å². The van der Waals surface area contributed by atoms with Gasteiger partial charge in [-0.1, -0.05) is 30.3 Å². The standard InChI is InChI=1S/C25H37N5S.HI/c1-26-25(27-13-7-15-30-16-12-20-8-3-4-9-22(20)19-30)28-18-21-10-5-14-29(2)24(21)23-11-6-17-31-23;/h3-4,6,8-9,11,17,21,24H,5,7,10,12-16,18-19H2,1-2H3,(H2,26,27,28);1H. The lowest BCUT2D eigenvalue weighted by atomic mass is 9.88. The predicted molar refractivity (Wildman–Crippen MR) is 147 cm³/mol. The van der Waals surface area contributed by atoms with Crippen LogP contribution in [0.1, 0.15) is 41.3 Å². The lowest BCUT2D eigenvalue weighted by Crippen LogP contribution is -2.45. The summed E-state index contributed by atoms with van der Waals surface area (Å²) >= 11 is 1.88. The summed E-state index contributed by atoms with van der Waals surface area (Å²) in [5.74, 6) is 1.55. The van der Waals surface area contributed by atoms with Crippen molar-refractivity contribution in [2.24, 2.45) is 10.9 Å². The molecule has 2 aliphatic heterocycles. The van der Waals surface area contributed by atoms with E-state index in [0.717, 1.165) is 38.6 Å². The summed E-state index contributed by atoms with van der Waals surface area (Å²) in [6.45, 7) is 6.50. The molecule has 7 heteroatoms. The van der Waals surface area contributed by atoms with E-state index in [2.05, 4.69) is 74.3 Å². The number of thiophene rings is 1. The van der Waals surface area contributed by atoms with E-state index in [-0.39, 0.29) is 24.0 Å². The van der Waals surface area contributed by atoms with Crippen LogP contribution in [0, 0.1) is 5.92 Å². The summed E-state index contributed by atoms with van der Waals surface area (Å²) in [4.78, 5) is 11.0. The van der Waals surface area contributed by atoms with Crippen molar-refractivity contribution in [3.05, 3.63) is 57.8 Å². The Labute approximate surface area is 214 Å². The molecule has 0 aliphatic carbocycles. The quantitative estimate of drug-likeness (QED) is 0.226. The first-order chi connectivity index (χ1) is 15.2. The number of nitrogens with one attached hydrogen (secondary N) is 2. The van der Waals surface area contributed by atoms with Crippen molar-refractivity contribution in [3.63, 3.8) is 0 Å². The zero-order valence-electron chi connectivity index (χ0n) is 19.4. The molecule has 0 bridgehead atoms. The Morgan fingerprint density at radius 3 is 2.75 bits per heavy atom. The van der Waals surface area contributed by atoms with E-state index >= 15 is 0 Å². The molecule has 2 N–H and O–H groups in total. The Balaban J connectivity index is 0.00000289. The zero-order chi connectivity index (χ0) is 21.5. The van der Waals surface area contributed by atoms with E-state index in [1.807, 2.05) is 18.4 Å². The van der Waals surface area contributed by atoms with Crippen molar-refractivity contribution in [1.29, 1.82) is 0 Å². The fourth-order valence-electron chi connectivity index (χ4n) is 5.09. The number of likely N-dealkylation sites (tertiary alicyclic amines) is 1. The number of benzene rings is 1. The van der Waals surface area contributed by atoms with Crippen molar-refractivity contribution in [3.8, 4) is 0 Å². The van der Waals surface area contributed by atoms with E-state index in [0.29, 0.717) is 12.0 Å². The van der Waals surface area contributed by atoms with Crippen molar-refractivity contribution >= 4 is 41.3 Å². The first-order valence-corrected chi connectivity index (χ1v) is 12.6. The number of halogens is 1. The highest BCUT2D eigenvalue weighted by Crippen LogP contribution is 2.36. The molecule has 0 spiro atoms. The monoisotopic (exact) mass is 567 g/mol. The molecule has 5 nitrogen and oxygen atoms in total. The molecule has 1 aromatic carbocycles. The Kier molecular flexibility index (Phi) is 10.3. The molecule has 0 saturated carbocycles. The molecule has 4 rings (SSSR count). The summed E-state index contributed by atoms with van der Waals surface area (Å²) in [6.07, 6.45) is 4.85. The van der Waals surface area contributed by atoms with Crippen LogP contribution in [0.3, 0.4) is 0 Å². The molecule has 176 valence electrons. The minimum Gasteiger partial charge on any atom is -0.356 e. The van der Waals surface area contributed by atoms with Crippen LogP contribution in [0.5, 0.6) is 0 Å². The second kappa shape index (κ2) is 12.9. The van der Waals surface area contributed by atoms with E-state index in [9.17, 15) is 0 Å². The molecule has 2 aromatic rings. The lowest BCUT2D eigenvalue weighted by molar-refractivity contribution is 0.125. The van der Waals surface area contributed by atoms with Gasteiger partial charge in [0.15, 0.2) is 5.96 Å². The van der Waals surface area contributed by atoms with E-state index in [1.54, 1.807) is 0 Å². The molecule has 0 radical (unpaired) electrons. The molecular weight excluding hydrogens is 529 g/mol. The van der Waals surface area contributed by atoms with Gasteiger partial charge in [-0.05, 0) is 67.8 Å². The summed E-state index contributed by atoms with van der Waals surface area (Å²) in [5.41, 5.74) is 3.02. The maximum absolute atomic E-state index is 4.46. The van der Waals surface area contributed by atoms with Gasteiger partial charge in [-0.3, -0.25) is 14.8 Å². The summed E-state index contributed by atoms with van der Waals surface area (Å²) in [5, 5.41) is 9.33. The number of hydrogen-bond donors (Lipinski definition) is 2. The van der Waals surface area contributed by atoms with Gasteiger partial charge >= 0.3 is 0 Å². The number of guanidine groups is 1. The van der Waals surface area contributed by atoms with Crippen molar-refractivity contribution < 1.29 is 0 Å². The van der Waals surface area contributed by atoms with Gasteiger partial charge in [0.1, 0.15) is 0 Å². The summed E-state index contributed by atoms with van der Waals surface area (Å²) < 4.78 is 0. The normalized spacial score (nSPS) is 22.1. The first kappa shape index (κ1) is 25.5. The maximum atomic E-state index is 4.46. The van der Waals surface area contributed by atoms with Gasteiger partial charge in [-0.15, -0.1) is 35.3 Å². The first-order valence-electron chi connectivity index (χ1n) is 11.7. The average molecular weight is 568 g/mol. The number of hydrogen-bond acceptors (Lipinski definition) is 4. The number of rotatable bonds is 7. The Morgan fingerprint density at radius 1 is 1.12 bits per heavy atom. The Hall–Kier alpha value is -1.16. The predicted octanol–water partition coefficient (Wildman–Crippen LogP) is 4.36. The minimum atomic E-state index is 0. The third-order valence-electron chi connectivity index (χ3n) is 6.75. The molecule has 2 atom stereocenters. The third-order valence-corrected chi connectivity index (χ3v) is 7.69. The van der Waals surface area contributed by atoms with Crippen LogP contribution in [0.25, 0.3) is 0 Å². The zero-order valence-corrected chi connectivity index (χ0v) is 22.6. The highest BCUT2D eigenvalue weighted by molar-refractivity contribution is 14.0. The Morgan fingerprint density at radius 2 is 1.97 bits per heavy atom. The van der Waals surface area contributed by atoms with Gasteiger partial charge in [0.25, 0.3) is 0 Å². The largest absolute Gasteiger partial charge is 0.356 e. The number of piperidine rings is 1. The van der Waals surface area contributed by atoms with Gasteiger partial charge in [0.2, 0.25) is 0 Å². The highest BCUT2D eigenvalue weighted by atomic mass is 127. The summed E-state index contributed by atoms with van der Waals surface area (Å²) in [6, 6.07) is 13.8. The van der Waals surface area contributed by atoms with Crippen LogP contribution >= 0.6 is 35.3 Å². The number of nitrogens with zero attached hydrogens (tertiary/aromatic N) is 3. The average Bonchev–Trinajstić information content (AvgIpc) is 3.33. The third kappa shape index (κ3) is 6.68. The molecule has 0 amide bonds. The fourth-order valence-corrected chi connectivity index (χ4v) is 6.07. The van der Waals surface area contributed by atoms with Crippen LogP contribution in [0.2, 0.25) is 0 Å². The molecule has 3 heterocycles. The van der Waals surface area contributed by atoms with E-state index < -0.39 is 0 Å². The van der Waals surface area contributed by atoms with Crippen LogP contribution in [-0.4, -0.2) is 62.6 Å². The number of aliphatic imine (C=N–C) groups is 1. The summed E-state index contributed by atoms with van der Waals surface area (Å²) in [7, 11) is 4.14. The minimum absolute atomic E-state index is 0. The van der Waals surface area contributed by atoms with Gasteiger partial charge in [0.05, 0.1) is 0 Å². The van der Waals surface area contributed by atoms with Crippen molar-refractivity contribution in [2.75, 3.05) is 46.8 Å². The molecule has 2 unspecified atom stereocenters. The molecule has 1 saturated heterocycles. The molecule has 2 aliphatic rings. The van der Waals surface area contributed by atoms with Gasteiger partial charge in [-0.25, -0.2) is 0 Å². The fraction of sp³-hybridized carbons (Fsp3) is 0.560. The van der Waals surface area contributed by atoms with Crippen LogP contribution in [0.4, 0.5) is 0 Å². The second-order valence-electron chi connectivity index (χ2n) is 8.87. The smallest absolute Gasteiger partial charge is 0.190 e. The van der Waals surface area contributed by atoms with Gasteiger partial charge < -0.3 is 10.6 Å². The van der Waals surface area contributed by atoms with Crippen LogP contribution in [-0.2, 0) is 13.0 Å². The van der Waals surface area contributed by atoms with Crippen LogP contribution in [0.15, 0.2) is 46.8 Å². The van der Waals surface area contributed by atoms with Crippen molar-refractivity contribution in [1.82, 2.24) is 20.4 Å². The lowest BCUT2D eigenvalue weighted by Gasteiger charge is -2.39. The van der Waals surface area contributed by atoms with E-state index in [4.69, 9.17) is 0 Å². The maximum Gasteiger partial charge on any atom is 0.190 e. The van der Waals surface area contributed by atoms with Crippen molar-refractivity contribution in [2.45, 2.75) is 38.3 Å². The number of fused-ring (bicyclic) bond motifs is 1. The topological polar surface area (TPSA) is 42.9 Å². The Bertz CT molecular complexity index is 841.